The molecule has 1 amide bonds. The number of hydrogen-bond acceptors (Lipinski definition) is 5. The number of carbonyl (C=O) groups excluding carboxylic acids is 2. The van der Waals surface area contributed by atoms with Crippen molar-refractivity contribution in [3.63, 3.8) is 0 Å². The maximum Gasteiger partial charge on any atom is 0.405 e. The number of benzene rings is 1. The summed E-state index contributed by atoms with van der Waals surface area (Å²) >= 11 is 0. The molecule has 1 atom stereocenters. The molecule has 0 aliphatic carbocycles. The van der Waals surface area contributed by atoms with E-state index in [0.29, 0.717) is 21.5 Å². The second-order valence-electron chi connectivity index (χ2n) is 5.29. The summed E-state index contributed by atoms with van der Waals surface area (Å²) in [6, 6.07) is 9.09. The standard InChI is InChI=1S/C16H14N4O5/c1-9(25-15(22)13-4-2-3-7-20(13)24)14(21)17-10-5-6-11-12(8-10)19-16(23)18-11/h2-9H,1H3,(H,17,21)(H2,18,19,23)/t9-/m0/s1. The molecule has 3 aromatic rings. The third-order valence-corrected chi connectivity index (χ3v) is 3.47. The lowest BCUT2D eigenvalue weighted by Crippen LogP contribution is -2.37. The van der Waals surface area contributed by atoms with Gasteiger partial charge in [0.1, 0.15) is 0 Å². The van der Waals surface area contributed by atoms with Gasteiger partial charge in [0.2, 0.25) is 0 Å². The number of nitrogens with one attached hydrogen (secondary N) is 3. The zero-order chi connectivity index (χ0) is 18.0. The molecule has 0 unspecified atom stereocenters. The smallest absolute Gasteiger partial charge is 0.405 e. The third-order valence-electron chi connectivity index (χ3n) is 3.47. The molecule has 2 heterocycles. The molecule has 9 nitrogen and oxygen atoms in total. The largest absolute Gasteiger partial charge is 0.618 e. The van der Waals surface area contributed by atoms with E-state index in [4.69, 9.17) is 4.74 Å². The number of amides is 1. The summed E-state index contributed by atoms with van der Waals surface area (Å²) in [7, 11) is 0. The molecule has 0 saturated carbocycles. The molecule has 3 N–H and O–H groups in total. The first-order valence-electron chi connectivity index (χ1n) is 7.36. The molecule has 0 spiro atoms. The number of H-pyrrole nitrogens is 2. The molecule has 0 aliphatic rings. The Labute approximate surface area is 140 Å². The van der Waals surface area contributed by atoms with Crippen LogP contribution in [0.1, 0.15) is 17.4 Å². The quantitative estimate of drug-likeness (QED) is 0.364. The average molecular weight is 342 g/mol. The summed E-state index contributed by atoms with van der Waals surface area (Å²) < 4.78 is 5.37. The van der Waals surface area contributed by atoms with E-state index in [9.17, 15) is 19.6 Å². The van der Waals surface area contributed by atoms with E-state index in [0.717, 1.165) is 6.20 Å². The molecule has 0 saturated heterocycles. The summed E-state index contributed by atoms with van der Waals surface area (Å²) in [5.74, 6) is -1.47. The Morgan fingerprint density at radius 3 is 2.72 bits per heavy atom. The van der Waals surface area contributed by atoms with Crippen molar-refractivity contribution >= 4 is 28.6 Å². The minimum atomic E-state index is -1.12. The number of ether oxygens (including phenoxy) is 1. The molecule has 0 aliphatic heterocycles. The number of nitrogens with zero attached hydrogens (tertiary/aromatic N) is 1. The molecule has 1 aromatic carbocycles. The van der Waals surface area contributed by atoms with E-state index in [1.54, 1.807) is 18.2 Å². The zero-order valence-corrected chi connectivity index (χ0v) is 13.1. The molecule has 2 aromatic heterocycles. The Hall–Kier alpha value is -3.62. The van der Waals surface area contributed by atoms with Crippen LogP contribution in [-0.2, 0) is 9.53 Å². The number of aromatic nitrogens is 3. The van der Waals surface area contributed by atoms with Crippen LogP contribution in [-0.4, -0.2) is 27.9 Å². The number of hydrogen-bond donors (Lipinski definition) is 3. The summed E-state index contributed by atoms with van der Waals surface area (Å²) in [5.41, 5.74) is 0.993. The minimum Gasteiger partial charge on any atom is -0.618 e. The molecule has 0 bridgehead atoms. The van der Waals surface area contributed by atoms with Crippen molar-refractivity contribution in [1.82, 2.24) is 9.97 Å². The molecule has 3 rings (SSSR count). The van der Waals surface area contributed by atoms with Crippen LogP contribution in [0.3, 0.4) is 0 Å². The Morgan fingerprint density at radius 2 is 1.96 bits per heavy atom. The number of rotatable bonds is 4. The van der Waals surface area contributed by atoms with Gasteiger partial charge in [-0.3, -0.25) is 4.79 Å². The summed E-state index contributed by atoms with van der Waals surface area (Å²) in [6.07, 6.45) is 0.0439. The van der Waals surface area contributed by atoms with Crippen LogP contribution in [0.2, 0.25) is 0 Å². The van der Waals surface area contributed by atoms with Crippen molar-refractivity contribution in [2.24, 2.45) is 0 Å². The predicted octanol–water partition coefficient (Wildman–Crippen LogP) is 0.674. The molecule has 0 fully saturated rings. The Kier molecular flexibility index (Phi) is 4.21. The van der Waals surface area contributed by atoms with Crippen molar-refractivity contribution in [3.05, 3.63) is 64.0 Å². The van der Waals surface area contributed by atoms with Gasteiger partial charge in [-0.2, -0.15) is 4.73 Å². The number of fused-ring (bicyclic) bond motifs is 1. The molecular weight excluding hydrogens is 328 g/mol. The van der Waals surface area contributed by atoms with E-state index in [1.807, 2.05) is 0 Å². The van der Waals surface area contributed by atoms with Gasteiger partial charge >= 0.3 is 17.4 Å². The van der Waals surface area contributed by atoms with Gasteiger partial charge in [-0.05, 0) is 31.2 Å². The fourth-order valence-corrected chi connectivity index (χ4v) is 2.21. The highest BCUT2D eigenvalue weighted by atomic mass is 16.6. The summed E-state index contributed by atoms with van der Waals surface area (Å²) in [6.45, 7) is 1.39. The lowest BCUT2D eigenvalue weighted by molar-refractivity contribution is -0.608. The van der Waals surface area contributed by atoms with Gasteiger partial charge < -0.3 is 25.2 Å². The van der Waals surface area contributed by atoms with Crippen LogP contribution in [0, 0.1) is 5.21 Å². The van der Waals surface area contributed by atoms with Crippen molar-refractivity contribution in [2.75, 3.05) is 5.32 Å². The molecule has 128 valence electrons. The Morgan fingerprint density at radius 1 is 1.20 bits per heavy atom. The normalized spacial score (nSPS) is 11.9. The lowest BCUT2D eigenvalue weighted by Gasteiger charge is -2.13. The monoisotopic (exact) mass is 342 g/mol. The van der Waals surface area contributed by atoms with E-state index >= 15 is 0 Å². The fraction of sp³-hybridized carbons (Fsp3) is 0.125. The van der Waals surface area contributed by atoms with Crippen LogP contribution in [0.25, 0.3) is 11.0 Å². The van der Waals surface area contributed by atoms with Crippen molar-refractivity contribution in [2.45, 2.75) is 13.0 Å². The molecular formula is C16H14N4O5. The van der Waals surface area contributed by atoms with Crippen LogP contribution >= 0.6 is 0 Å². The number of imidazole rings is 1. The van der Waals surface area contributed by atoms with Gasteiger partial charge in [-0.1, -0.05) is 0 Å². The highest BCUT2D eigenvalue weighted by Gasteiger charge is 2.23. The van der Waals surface area contributed by atoms with Crippen molar-refractivity contribution < 1.29 is 19.1 Å². The SMILES string of the molecule is C[C@H](OC(=O)c1cccc[n+]1[O-])C(=O)Nc1ccc2[nH]c(=O)[nH]c2c1. The first-order valence-corrected chi connectivity index (χ1v) is 7.36. The van der Waals surface area contributed by atoms with Gasteiger partial charge in [0, 0.05) is 17.8 Å². The fourth-order valence-electron chi connectivity index (χ4n) is 2.21. The molecule has 25 heavy (non-hydrogen) atoms. The predicted molar refractivity (Wildman–Crippen MR) is 87.8 cm³/mol. The zero-order valence-electron chi connectivity index (χ0n) is 13.1. The third kappa shape index (κ3) is 3.50. The summed E-state index contributed by atoms with van der Waals surface area (Å²) in [4.78, 5) is 40.5. The van der Waals surface area contributed by atoms with Crippen LogP contribution in [0.5, 0.6) is 0 Å². The number of pyridine rings is 1. The van der Waals surface area contributed by atoms with Gasteiger partial charge in [0.25, 0.3) is 5.91 Å². The van der Waals surface area contributed by atoms with Gasteiger partial charge in [-0.25, -0.2) is 9.59 Å². The van der Waals surface area contributed by atoms with Gasteiger partial charge in [0.05, 0.1) is 11.0 Å². The van der Waals surface area contributed by atoms with Crippen molar-refractivity contribution in [3.8, 4) is 0 Å². The average Bonchev–Trinajstić information content (AvgIpc) is 2.94. The second kappa shape index (κ2) is 6.48. The van der Waals surface area contributed by atoms with Gasteiger partial charge in [0.15, 0.2) is 12.3 Å². The van der Waals surface area contributed by atoms with Crippen LogP contribution < -0.4 is 15.7 Å². The number of anilines is 1. The Balaban J connectivity index is 1.68. The van der Waals surface area contributed by atoms with E-state index in [1.165, 1.54) is 25.1 Å². The lowest BCUT2D eigenvalue weighted by atomic mass is 10.2. The first kappa shape index (κ1) is 16.2. The van der Waals surface area contributed by atoms with E-state index in [2.05, 4.69) is 15.3 Å². The maximum atomic E-state index is 12.2. The van der Waals surface area contributed by atoms with Crippen LogP contribution in [0.15, 0.2) is 47.4 Å². The number of carbonyl (C=O) groups is 2. The molecule has 9 heteroatoms. The minimum absolute atomic E-state index is 0.214. The number of esters is 1. The van der Waals surface area contributed by atoms with E-state index < -0.39 is 18.0 Å². The van der Waals surface area contributed by atoms with E-state index in [-0.39, 0.29) is 11.4 Å². The Bertz CT molecular complexity index is 1010. The topological polar surface area (TPSA) is 131 Å². The van der Waals surface area contributed by atoms with Gasteiger partial charge in [-0.15, -0.1) is 0 Å². The highest BCUT2D eigenvalue weighted by Crippen LogP contribution is 2.15. The highest BCUT2D eigenvalue weighted by molar-refractivity contribution is 5.97. The van der Waals surface area contributed by atoms with Crippen LogP contribution in [0.4, 0.5) is 5.69 Å². The van der Waals surface area contributed by atoms with Crippen molar-refractivity contribution in [1.29, 1.82) is 0 Å². The second-order valence-corrected chi connectivity index (χ2v) is 5.29. The summed E-state index contributed by atoms with van der Waals surface area (Å²) in [5, 5.41) is 14.1. The maximum absolute atomic E-state index is 12.2. The first-order chi connectivity index (χ1) is 11.9. The number of aromatic amines is 2. The molecule has 0 radical (unpaired) electrons.